The molecule has 0 saturated carbocycles. The normalized spacial score (nSPS) is 9.79. The summed E-state index contributed by atoms with van der Waals surface area (Å²) in [5.74, 6) is 1.46. The molecule has 0 bridgehead atoms. The first-order valence-electron chi connectivity index (χ1n) is 5.84. The Kier molecular flexibility index (Phi) is 3.67. The number of nitrogens with zero attached hydrogens (tertiary/aromatic N) is 2. The lowest BCUT2D eigenvalue weighted by Gasteiger charge is -2.11. The van der Waals surface area contributed by atoms with E-state index in [1.54, 1.807) is 25.3 Å². The molecule has 0 spiro atoms. The van der Waals surface area contributed by atoms with E-state index in [0.717, 1.165) is 11.3 Å². The van der Waals surface area contributed by atoms with Gasteiger partial charge in [-0.05, 0) is 43.7 Å². The highest BCUT2D eigenvalue weighted by Gasteiger charge is 2.10. The molecule has 1 aromatic carbocycles. The van der Waals surface area contributed by atoms with Crippen LogP contribution < -0.4 is 9.47 Å². The molecule has 0 aliphatic rings. The SMILES string of the molecule is COc1cc(C)ccc1Oc1nc(C)ccc1C#N. The summed E-state index contributed by atoms with van der Waals surface area (Å²) in [6.45, 7) is 3.82. The minimum atomic E-state index is 0.296. The summed E-state index contributed by atoms with van der Waals surface area (Å²) < 4.78 is 11.0. The fourth-order valence-electron chi connectivity index (χ4n) is 1.66. The third-order valence-corrected chi connectivity index (χ3v) is 2.65. The maximum Gasteiger partial charge on any atom is 0.237 e. The largest absolute Gasteiger partial charge is 0.493 e. The second-order valence-corrected chi connectivity index (χ2v) is 4.17. The van der Waals surface area contributed by atoms with Crippen molar-refractivity contribution < 1.29 is 9.47 Å². The molecule has 0 radical (unpaired) electrons. The summed E-state index contributed by atoms with van der Waals surface area (Å²) in [5, 5.41) is 9.06. The van der Waals surface area contributed by atoms with Crippen LogP contribution in [-0.4, -0.2) is 12.1 Å². The smallest absolute Gasteiger partial charge is 0.237 e. The maximum absolute atomic E-state index is 9.06. The summed E-state index contributed by atoms with van der Waals surface area (Å²) in [4.78, 5) is 4.24. The van der Waals surface area contributed by atoms with Crippen molar-refractivity contribution in [3.8, 4) is 23.4 Å². The maximum atomic E-state index is 9.06. The van der Waals surface area contributed by atoms with Crippen LogP contribution in [-0.2, 0) is 0 Å². The van der Waals surface area contributed by atoms with E-state index in [-0.39, 0.29) is 0 Å². The zero-order valence-corrected chi connectivity index (χ0v) is 11.1. The molecular weight excluding hydrogens is 240 g/mol. The molecule has 0 fully saturated rings. The Morgan fingerprint density at radius 3 is 2.58 bits per heavy atom. The van der Waals surface area contributed by atoms with Gasteiger partial charge in [0.25, 0.3) is 0 Å². The van der Waals surface area contributed by atoms with Crippen LogP contribution in [0.15, 0.2) is 30.3 Å². The molecule has 0 unspecified atom stereocenters. The van der Waals surface area contributed by atoms with Crippen molar-refractivity contribution in [2.24, 2.45) is 0 Å². The third kappa shape index (κ3) is 2.83. The van der Waals surface area contributed by atoms with Gasteiger partial charge in [-0.2, -0.15) is 5.26 Å². The van der Waals surface area contributed by atoms with Gasteiger partial charge in [0, 0.05) is 5.69 Å². The lowest BCUT2D eigenvalue weighted by atomic mass is 10.2. The molecule has 19 heavy (non-hydrogen) atoms. The highest BCUT2D eigenvalue weighted by atomic mass is 16.5. The molecule has 2 rings (SSSR count). The number of hydrogen-bond donors (Lipinski definition) is 0. The summed E-state index contributed by atoms with van der Waals surface area (Å²) >= 11 is 0. The van der Waals surface area contributed by atoms with Gasteiger partial charge in [-0.25, -0.2) is 4.98 Å². The molecule has 0 aliphatic heterocycles. The van der Waals surface area contributed by atoms with Crippen LogP contribution in [0.4, 0.5) is 0 Å². The number of pyridine rings is 1. The van der Waals surface area contributed by atoms with Crippen molar-refractivity contribution in [1.29, 1.82) is 5.26 Å². The molecule has 0 N–H and O–H groups in total. The zero-order valence-electron chi connectivity index (χ0n) is 11.1. The molecular formula is C15H14N2O2. The topological polar surface area (TPSA) is 55.1 Å². The Hall–Kier alpha value is -2.54. The number of ether oxygens (including phenoxy) is 2. The molecule has 0 amide bonds. The molecule has 0 saturated heterocycles. The Labute approximate surface area is 112 Å². The Bertz CT molecular complexity index is 645. The predicted molar refractivity (Wildman–Crippen MR) is 71.5 cm³/mol. The van der Waals surface area contributed by atoms with E-state index in [9.17, 15) is 0 Å². The van der Waals surface area contributed by atoms with Gasteiger partial charge in [0.1, 0.15) is 11.6 Å². The third-order valence-electron chi connectivity index (χ3n) is 2.65. The Morgan fingerprint density at radius 1 is 1.11 bits per heavy atom. The number of rotatable bonds is 3. The summed E-state index contributed by atoms with van der Waals surface area (Å²) in [6.07, 6.45) is 0. The monoisotopic (exact) mass is 254 g/mol. The van der Waals surface area contributed by atoms with Crippen LogP contribution in [0.2, 0.25) is 0 Å². The molecule has 0 aliphatic carbocycles. The first kappa shape index (κ1) is 12.9. The number of hydrogen-bond acceptors (Lipinski definition) is 4. The number of aryl methyl sites for hydroxylation is 2. The van der Waals surface area contributed by atoms with Crippen LogP contribution in [0.1, 0.15) is 16.8 Å². The molecule has 4 nitrogen and oxygen atoms in total. The fraction of sp³-hybridized carbons (Fsp3) is 0.200. The van der Waals surface area contributed by atoms with E-state index in [2.05, 4.69) is 11.1 Å². The minimum absolute atomic E-state index is 0.296. The molecule has 1 aromatic heterocycles. The van der Waals surface area contributed by atoms with Crippen molar-refractivity contribution in [1.82, 2.24) is 4.98 Å². The average molecular weight is 254 g/mol. The molecule has 4 heteroatoms. The van der Waals surface area contributed by atoms with E-state index < -0.39 is 0 Å². The summed E-state index contributed by atoms with van der Waals surface area (Å²) in [6, 6.07) is 11.1. The average Bonchev–Trinajstić information content (AvgIpc) is 2.41. The van der Waals surface area contributed by atoms with Crippen LogP contribution in [0.5, 0.6) is 17.4 Å². The molecule has 1 heterocycles. The van der Waals surface area contributed by atoms with Gasteiger partial charge in [-0.3, -0.25) is 0 Å². The van der Waals surface area contributed by atoms with E-state index in [0.29, 0.717) is 22.9 Å². The first-order chi connectivity index (χ1) is 9.13. The number of methoxy groups -OCH3 is 1. The van der Waals surface area contributed by atoms with Crippen LogP contribution in [0.3, 0.4) is 0 Å². The standard InChI is InChI=1S/C15H14N2O2/c1-10-4-7-13(14(8-10)18-3)19-15-12(9-16)6-5-11(2)17-15/h4-8H,1-3H3. The van der Waals surface area contributed by atoms with Crippen molar-refractivity contribution in [2.75, 3.05) is 7.11 Å². The number of benzene rings is 1. The van der Waals surface area contributed by atoms with Gasteiger partial charge in [0.05, 0.1) is 7.11 Å². The van der Waals surface area contributed by atoms with Gasteiger partial charge < -0.3 is 9.47 Å². The highest BCUT2D eigenvalue weighted by molar-refractivity contribution is 5.47. The van der Waals surface area contributed by atoms with E-state index >= 15 is 0 Å². The fourth-order valence-corrected chi connectivity index (χ4v) is 1.66. The first-order valence-corrected chi connectivity index (χ1v) is 5.84. The van der Waals surface area contributed by atoms with Gasteiger partial charge in [-0.1, -0.05) is 6.07 Å². The Morgan fingerprint density at radius 2 is 1.89 bits per heavy atom. The van der Waals surface area contributed by atoms with Crippen LogP contribution in [0.25, 0.3) is 0 Å². The van der Waals surface area contributed by atoms with Gasteiger partial charge >= 0.3 is 0 Å². The number of nitriles is 1. The van der Waals surface area contributed by atoms with Crippen molar-refractivity contribution in [3.63, 3.8) is 0 Å². The molecule has 2 aromatic rings. The predicted octanol–water partition coefficient (Wildman–Crippen LogP) is 3.37. The van der Waals surface area contributed by atoms with Gasteiger partial charge in [0.15, 0.2) is 11.5 Å². The van der Waals surface area contributed by atoms with Crippen molar-refractivity contribution in [3.05, 3.63) is 47.2 Å². The lowest BCUT2D eigenvalue weighted by Crippen LogP contribution is -1.96. The van der Waals surface area contributed by atoms with E-state index in [1.807, 2.05) is 26.0 Å². The van der Waals surface area contributed by atoms with E-state index in [1.165, 1.54) is 0 Å². The van der Waals surface area contributed by atoms with E-state index in [4.69, 9.17) is 14.7 Å². The second kappa shape index (κ2) is 5.40. The lowest BCUT2D eigenvalue weighted by molar-refractivity contribution is 0.373. The molecule has 0 atom stereocenters. The Balaban J connectivity index is 2.41. The van der Waals surface area contributed by atoms with Crippen LogP contribution >= 0.6 is 0 Å². The quantitative estimate of drug-likeness (QED) is 0.842. The van der Waals surface area contributed by atoms with Crippen LogP contribution in [0, 0.1) is 25.2 Å². The van der Waals surface area contributed by atoms with Gasteiger partial charge in [0.2, 0.25) is 5.88 Å². The van der Waals surface area contributed by atoms with Crippen molar-refractivity contribution in [2.45, 2.75) is 13.8 Å². The van der Waals surface area contributed by atoms with Crippen molar-refractivity contribution >= 4 is 0 Å². The highest BCUT2D eigenvalue weighted by Crippen LogP contribution is 2.32. The second-order valence-electron chi connectivity index (χ2n) is 4.17. The number of aromatic nitrogens is 1. The van der Waals surface area contributed by atoms with Gasteiger partial charge in [-0.15, -0.1) is 0 Å². The minimum Gasteiger partial charge on any atom is -0.493 e. The zero-order chi connectivity index (χ0) is 13.8. The molecule has 96 valence electrons. The summed E-state index contributed by atoms with van der Waals surface area (Å²) in [5.41, 5.74) is 2.26. The summed E-state index contributed by atoms with van der Waals surface area (Å²) in [7, 11) is 1.58.